The molecule has 0 aliphatic heterocycles. The van der Waals surface area contributed by atoms with Crippen molar-refractivity contribution in [2.75, 3.05) is 5.32 Å². The van der Waals surface area contributed by atoms with Crippen molar-refractivity contribution >= 4 is 63.5 Å². The van der Waals surface area contributed by atoms with Gasteiger partial charge in [-0.05, 0) is 52.4 Å². The molecule has 0 saturated carbocycles. The lowest BCUT2D eigenvalue weighted by Crippen LogP contribution is -2.13. The molecule has 0 aromatic heterocycles. The molecule has 3 nitrogen and oxygen atoms in total. The highest BCUT2D eigenvalue weighted by atomic mass is 127. The van der Waals surface area contributed by atoms with Crippen LogP contribution in [0.1, 0.15) is 5.56 Å². The van der Waals surface area contributed by atoms with Crippen LogP contribution in [0, 0.1) is 14.9 Å². The predicted octanol–water partition coefficient (Wildman–Crippen LogP) is 5.14. The van der Waals surface area contributed by atoms with Gasteiger partial charge < -0.3 is 5.32 Å². The van der Waals surface area contributed by atoms with E-state index in [1.807, 2.05) is 30.3 Å². The monoisotopic (exact) mass is 442 g/mol. The summed E-state index contributed by atoms with van der Waals surface area (Å²) >= 11 is 14.1. The minimum Gasteiger partial charge on any atom is -0.320 e. The summed E-state index contributed by atoms with van der Waals surface area (Å²) in [6.07, 6.45) is 1.54. The van der Waals surface area contributed by atoms with E-state index in [-0.39, 0.29) is 10.6 Å². The smallest absolute Gasteiger partial charge is 0.266 e. The van der Waals surface area contributed by atoms with Gasteiger partial charge in [0.25, 0.3) is 5.91 Å². The summed E-state index contributed by atoms with van der Waals surface area (Å²) in [4.78, 5) is 12.2. The number of carbonyl (C=O) groups is 1. The second kappa shape index (κ2) is 7.63. The second-order valence-electron chi connectivity index (χ2n) is 4.25. The average Bonchev–Trinajstić information content (AvgIpc) is 2.51. The van der Waals surface area contributed by atoms with Crippen LogP contribution >= 0.6 is 45.8 Å². The molecule has 0 radical (unpaired) electrons. The van der Waals surface area contributed by atoms with Gasteiger partial charge in [-0.15, -0.1) is 0 Å². The molecule has 0 saturated heterocycles. The maximum atomic E-state index is 12.2. The van der Waals surface area contributed by atoms with Gasteiger partial charge in [0.05, 0.1) is 15.7 Å². The predicted molar refractivity (Wildman–Crippen MR) is 97.8 cm³/mol. The van der Waals surface area contributed by atoms with E-state index in [1.165, 1.54) is 6.08 Å². The highest BCUT2D eigenvalue weighted by molar-refractivity contribution is 14.1. The Morgan fingerprint density at radius 2 is 1.91 bits per heavy atom. The number of rotatable bonds is 3. The van der Waals surface area contributed by atoms with E-state index >= 15 is 0 Å². The Hall–Kier alpha value is -1.55. The molecule has 0 unspecified atom stereocenters. The van der Waals surface area contributed by atoms with E-state index in [0.29, 0.717) is 10.7 Å². The first-order valence-corrected chi connectivity index (χ1v) is 7.98. The molecule has 2 aromatic carbocycles. The minimum absolute atomic E-state index is 0.0137. The minimum atomic E-state index is -0.536. The number of hydrogen-bond acceptors (Lipinski definition) is 2. The van der Waals surface area contributed by atoms with Crippen molar-refractivity contribution in [2.24, 2.45) is 0 Å². The molecule has 0 heterocycles. The summed E-state index contributed by atoms with van der Waals surface area (Å²) in [5.74, 6) is -0.536. The van der Waals surface area contributed by atoms with Gasteiger partial charge in [0, 0.05) is 3.57 Å². The Balaban J connectivity index is 2.29. The molecule has 0 atom stereocenters. The molecule has 0 aliphatic carbocycles. The van der Waals surface area contributed by atoms with Crippen LogP contribution in [0.4, 0.5) is 5.69 Å². The lowest BCUT2D eigenvalue weighted by Gasteiger charge is -2.07. The average molecular weight is 443 g/mol. The Kier molecular flexibility index (Phi) is 5.83. The number of carbonyl (C=O) groups excluding carboxylic acids is 1. The zero-order chi connectivity index (χ0) is 16.1. The SMILES string of the molecule is N#C/C(=C/c1ccccc1I)C(=O)Nc1cccc(Cl)c1Cl. The van der Waals surface area contributed by atoms with E-state index in [2.05, 4.69) is 27.9 Å². The van der Waals surface area contributed by atoms with Crippen molar-refractivity contribution in [1.82, 2.24) is 0 Å². The molecule has 2 aromatic rings. The van der Waals surface area contributed by atoms with Crippen LogP contribution in [-0.2, 0) is 4.79 Å². The Bertz CT molecular complexity index is 797. The largest absolute Gasteiger partial charge is 0.320 e. The number of halogens is 3. The molecule has 0 bridgehead atoms. The Morgan fingerprint density at radius 3 is 2.59 bits per heavy atom. The first-order valence-electron chi connectivity index (χ1n) is 6.14. The van der Waals surface area contributed by atoms with Crippen LogP contribution in [0.15, 0.2) is 48.0 Å². The lowest BCUT2D eigenvalue weighted by molar-refractivity contribution is -0.112. The van der Waals surface area contributed by atoms with Gasteiger partial charge in [-0.1, -0.05) is 47.5 Å². The number of benzene rings is 2. The summed E-state index contributed by atoms with van der Waals surface area (Å²) in [5, 5.41) is 12.4. The molecule has 0 spiro atoms. The quantitative estimate of drug-likeness (QED) is 0.406. The number of anilines is 1. The third-order valence-electron chi connectivity index (χ3n) is 2.77. The highest BCUT2D eigenvalue weighted by Gasteiger charge is 2.13. The molecule has 0 fully saturated rings. The van der Waals surface area contributed by atoms with Gasteiger partial charge in [-0.25, -0.2) is 0 Å². The highest BCUT2D eigenvalue weighted by Crippen LogP contribution is 2.29. The van der Waals surface area contributed by atoms with Crippen molar-refractivity contribution in [3.63, 3.8) is 0 Å². The van der Waals surface area contributed by atoms with Crippen LogP contribution in [0.2, 0.25) is 10.0 Å². The van der Waals surface area contributed by atoms with Crippen LogP contribution in [0.5, 0.6) is 0 Å². The summed E-state index contributed by atoms with van der Waals surface area (Å²) in [6, 6.07) is 14.3. The molecule has 1 N–H and O–H groups in total. The van der Waals surface area contributed by atoms with Gasteiger partial charge in [0.1, 0.15) is 11.6 Å². The topological polar surface area (TPSA) is 52.9 Å². The van der Waals surface area contributed by atoms with Gasteiger partial charge >= 0.3 is 0 Å². The van der Waals surface area contributed by atoms with Gasteiger partial charge in [0.2, 0.25) is 0 Å². The standard InChI is InChI=1S/C16H9Cl2IN2O/c17-12-5-3-7-14(15(12)18)21-16(22)11(9-20)8-10-4-1-2-6-13(10)19/h1-8H,(H,21,22)/b11-8-. The van der Waals surface area contributed by atoms with Crippen molar-refractivity contribution in [3.05, 3.63) is 67.2 Å². The number of hydrogen-bond donors (Lipinski definition) is 1. The fourth-order valence-electron chi connectivity index (χ4n) is 1.69. The summed E-state index contributed by atoms with van der Waals surface area (Å²) in [7, 11) is 0. The van der Waals surface area contributed by atoms with Crippen molar-refractivity contribution in [3.8, 4) is 6.07 Å². The first-order chi connectivity index (χ1) is 10.5. The number of nitrogens with one attached hydrogen (secondary N) is 1. The summed E-state index contributed by atoms with van der Waals surface area (Å²) in [5.41, 5.74) is 1.15. The summed E-state index contributed by atoms with van der Waals surface area (Å²) < 4.78 is 0.946. The molecular weight excluding hydrogens is 434 g/mol. The zero-order valence-corrected chi connectivity index (χ0v) is 14.8. The van der Waals surface area contributed by atoms with E-state index in [4.69, 9.17) is 23.2 Å². The first kappa shape index (κ1) is 16.8. The van der Waals surface area contributed by atoms with Crippen molar-refractivity contribution in [2.45, 2.75) is 0 Å². The van der Waals surface area contributed by atoms with Crippen molar-refractivity contribution in [1.29, 1.82) is 5.26 Å². The fourth-order valence-corrected chi connectivity index (χ4v) is 2.58. The Morgan fingerprint density at radius 1 is 1.18 bits per heavy atom. The zero-order valence-electron chi connectivity index (χ0n) is 11.1. The normalized spacial score (nSPS) is 10.9. The fraction of sp³-hybridized carbons (Fsp3) is 0. The van der Waals surface area contributed by atoms with Crippen LogP contribution in [0.25, 0.3) is 6.08 Å². The molecule has 0 aliphatic rings. The van der Waals surface area contributed by atoms with Crippen LogP contribution < -0.4 is 5.32 Å². The maximum absolute atomic E-state index is 12.2. The van der Waals surface area contributed by atoms with Crippen LogP contribution in [-0.4, -0.2) is 5.91 Å². The molecule has 2 rings (SSSR count). The lowest BCUT2D eigenvalue weighted by atomic mass is 10.1. The Labute approximate surface area is 151 Å². The second-order valence-corrected chi connectivity index (χ2v) is 6.19. The van der Waals surface area contributed by atoms with Crippen molar-refractivity contribution < 1.29 is 4.79 Å². The molecule has 110 valence electrons. The number of nitriles is 1. The third kappa shape index (κ3) is 4.01. The summed E-state index contributed by atoms with van der Waals surface area (Å²) in [6.45, 7) is 0. The molecular formula is C16H9Cl2IN2O. The molecule has 1 amide bonds. The van der Waals surface area contributed by atoms with E-state index in [0.717, 1.165) is 9.13 Å². The number of nitrogens with zero attached hydrogens (tertiary/aromatic N) is 1. The number of amides is 1. The maximum Gasteiger partial charge on any atom is 0.266 e. The van der Waals surface area contributed by atoms with E-state index < -0.39 is 5.91 Å². The molecule has 6 heteroatoms. The van der Waals surface area contributed by atoms with Gasteiger partial charge in [0.15, 0.2) is 0 Å². The van der Waals surface area contributed by atoms with E-state index in [1.54, 1.807) is 18.2 Å². The van der Waals surface area contributed by atoms with Crippen LogP contribution in [0.3, 0.4) is 0 Å². The van der Waals surface area contributed by atoms with Gasteiger partial charge in [-0.2, -0.15) is 5.26 Å². The molecule has 22 heavy (non-hydrogen) atoms. The van der Waals surface area contributed by atoms with E-state index in [9.17, 15) is 10.1 Å². The third-order valence-corrected chi connectivity index (χ3v) is 4.57. The van der Waals surface area contributed by atoms with Gasteiger partial charge in [-0.3, -0.25) is 4.79 Å².